The molecule has 1 unspecified atom stereocenters. The molecule has 17 heavy (non-hydrogen) atoms. The smallest absolute Gasteiger partial charge is 0.325 e. The normalized spacial score (nSPS) is 12.1. The number of methoxy groups -OCH3 is 1. The Hall–Kier alpha value is -1.63. The monoisotopic (exact) mass is 245 g/mol. The molecule has 0 aliphatic rings. The molecular weight excluding hydrogens is 226 g/mol. The van der Waals surface area contributed by atoms with Gasteiger partial charge in [0.05, 0.1) is 19.6 Å². The molecule has 2 amide bonds. The lowest BCUT2D eigenvalue weighted by Crippen LogP contribution is -2.50. The molecule has 0 aromatic carbocycles. The Labute approximate surface area is 100 Å². The predicted molar refractivity (Wildman–Crippen MR) is 60.7 cm³/mol. The molecule has 0 rings (SSSR count). The van der Waals surface area contributed by atoms with Gasteiger partial charge in [-0.05, 0) is 13.8 Å². The van der Waals surface area contributed by atoms with Gasteiger partial charge in [0.1, 0.15) is 6.54 Å². The summed E-state index contributed by atoms with van der Waals surface area (Å²) in [7, 11) is 1.23. The van der Waals surface area contributed by atoms with Crippen LogP contribution in [-0.4, -0.2) is 48.4 Å². The number of hydrogen-bond donors (Lipinski definition) is 2. The van der Waals surface area contributed by atoms with Gasteiger partial charge in [-0.15, -0.1) is 0 Å². The summed E-state index contributed by atoms with van der Waals surface area (Å²) in [4.78, 5) is 34.9. The molecule has 0 bridgehead atoms. The minimum atomic E-state index is -1.03. The number of amides is 2. The molecule has 0 heterocycles. The van der Waals surface area contributed by atoms with Crippen molar-refractivity contribution in [2.45, 2.75) is 32.4 Å². The topological polar surface area (TPSA) is 116 Å². The third-order valence-corrected chi connectivity index (χ3v) is 2.17. The zero-order valence-corrected chi connectivity index (χ0v) is 10.3. The number of nitrogens with zero attached hydrogens (tertiary/aromatic N) is 1. The number of primary amides is 1. The SMILES string of the molecule is COC(=O)CN(C(=O)C(N)CC(N)=O)C(C)C. The number of rotatable bonds is 6. The van der Waals surface area contributed by atoms with E-state index >= 15 is 0 Å². The van der Waals surface area contributed by atoms with Gasteiger partial charge in [-0.1, -0.05) is 0 Å². The Kier molecular flexibility index (Phi) is 6.19. The van der Waals surface area contributed by atoms with Crippen LogP contribution in [0.4, 0.5) is 0 Å². The van der Waals surface area contributed by atoms with E-state index in [2.05, 4.69) is 4.74 Å². The lowest BCUT2D eigenvalue weighted by Gasteiger charge is -2.27. The van der Waals surface area contributed by atoms with Crippen LogP contribution in [0.15, 0.2) is 0 Å². The Morgan fingerprint density at radius 3 is 2.18 bits per heavy atom. The fourth-order valence-corrected chi connectivity index (χ4v) is 1.24. The van der Waals surface area contributed by atoms with Gasteiger partial charge in [0.2, 0.25) is 11.8 Å². The zero-order chi connectivity index (χ0) is 13.6. The first kappa shape index (κ1) is 15.4. The van der Waals surface area contributed by atoms with Crippen molar-refractivity contribution in [2.24, 2.45) is 11.5 Å². The average Bonchev–Trinajstić information content (AvgIpc) is 2.23. The van der Waals surface area contributed by atoms with Crippen LogP contribution in [0.1, 0.15) is 20.3 Å². The summed E-state index contributed by atoms with van der Waals surface area (Å²) in [6.07, 6.45) is -0.247. The van der Waals surface area contributed by atoms with E-state index in [1.807, 2.05) is 0 Å². The Bertz CT molecular complexity index is 304. The van der Waals surface area contributed by atoms with Crippen molar-refractivity contribution in [1.29, 1.82) is 0 Å². The van der Waals surface area contributed by atoms with Crippen molar-refractivity contribution < 1.29 is 19.1 Å². The molecule has 98 valence electrons. The van der Waals surface area contributed by atoms with E-state index in [0.29, 0.717) is 0 Å². The largest absolute Gasteiger partial charge is 0.468 e. The molecule has 0 saturated heterocycles. The molecule has 0 aromatic rings. The highest BCUT2D eigenvalue weighted by atomic mass is 16.5. The summed E-state index contributed by atoms with van der Waals surface area (Å²) in [5, 5.41) is 0. The second kappa shape index (κ2) is 6.85. The van der Waals surface area contributed by atoms with Crippen molar-refractivity contribution >= 4 is 17.8 Å². The van der Waals surface area contributed by atoms with Crippen molar-refractivity contribution in [3.8, 4) is 0 Å². The summed E-state index contributed by atoms with van der Waals surface area (Å²) in [6, 6.07) is -1.25. The Morgan fingerprint density at radius 1 is 1.29 bits per heavy atom. The predicted octanol–water partition coefficient (Wildman–Crippen LogP) is -1.40. The molecule has 0 aliphatic carbocycles. The molecule has 7 heteroatoms. The molecule has 1 atom stereocenters. The number of ether oxygens (including phenoxy) is 1. The van der Waals surface area contributed by atoms with Crippen molar-refractivity contribution in [1.82, 2.24) is 4.90 Å². The van der Waals surface area contributed by atoms with E-state index in [1.54, 1.807) is 13.8 Å². The first-order valence-corrected chi connectivity index (χ1v) is 5.20. The fourth-order valence-electron chi connectivity index (χ4n) is 1.24. The highest BCUT2D eigenvalue weighted by Gasteiger charge is 2.26. The maximum Gasteiger partial charge on any atom is 0.325 e. The van der Waals surface area contributed by atoms with Gasteiger partial charge in [0, 0.05) is 6.04 Å². The second-order valence-electron chi connectivity index (χ2n) is 3.91. The summed E-state index contributed by atoms with van der Waals surface area (Å²) in [5.41, 5.74) is 10.5. The summed E-state index contributed by atoms with van der Waals surface area (Å²) in [5.74, 6) is -1.70. The minimum absolute atomic E-state index is 0.195. The van der Waals surface area contributed by atoms with Gasteiger partial charge in [0.15, 0.2) is 0 Å². The van der Waals surface area contributed by atoms with Gasteiger partial charge in [0.25, 0.3) is 0 Å². The van der Waals surface area contributed by atoms with Crippen molar-refractivity contribution in [2.75, 3.05) is 13.7 Å². The maximum absolute atomic E-state index is 11.9. The van der Waals surface area contributed by atoms with Crippen LogP contribution in [0.5, 0.6) is 0 Å². The molecule has 0 spiro atoms. The number of hydrogen-bond acceptors (Lipinski definition) is 5. The number of carbonyl (C=O) groups excluding carboxylic acids is 3. The van der Waals surface area contributed by atoms with E-state index < -0.39 is 23.8 Å². The lowest BCUT2D eigenvalue weighted by molar-refractivity contribution is -0.148. The third kappa shape index (κ3) is 5.30. The minimum Gasteiger partial charge on any atom is -0.468 e. The molecule has 0 fully saturated rings. The second-order valence-corrected chi connectivity index (χ2v) is 3.91. The van der Waals surface area contributed by atoms with E-state index in [-0.39, 0.29) is 19.0 Å². The van der Waals surface area contributed by atoms with Crippen molar-refractivity contribution in [3.05, 3.63) is 0 Å². The third-order valence-electron chi connectivity index (χ3n) is 2.17. The standard InChI is InChI=1S/C10H19N3O4/c1-6(2)13(5-9(15)17-3)10(16)7(11)4-8(12)14/h6-7H,4-5,11H2,1-3H3,(H2,12,14). The summed E-state index contributed by atoms with van der Waals surface area (Å²) in [6.45, 7) is 3.27. The molecular formula is C10H19N3O4. The van der Waals surface area contributed by atoms with E-state index in [1.165, 1.54) is 12.0 Å². The molecule has 7 nitrogen and oxygen atoms in total. The van der Waals surface area contributed by atoms with E-state index in [0.717, 1.165) is 0 Å². The van der Waals surface area contributed by atoms with Gasteiger partial charge >= 0.3 is 5.97 Å². The first-order valence-electron chi connectivity index (χ1n) is 5.20. The Morgan fingerprint density at radius 2 is 1.82 bits per heavy atom. The van der Waals surface area contributed by atoms with Crippen LogP contribution in [0, 0.1) is 0 Å². The Balaban J connectivity index is 4.64. The summed E-state index contributed by atoms with van der Waals surface area (Å²) < 4.78 is 4.48. The van der Waals surface area contributed by atoms with Gasteiger partial charge in [-0.2, -0.15) is 0 Å². The highest BCUT2D eigenvalue weighted by Crippen LogP contribution is 2.03. The van der Waals surface area contributed by atoms with Gasteiger partial charge in [-0.25, -0.2) is 0 Å². The first-order chi connectivity index (χ1) is 7.79. The molecule has 0 aliphatic heterocycles. The maximum atomic E-state index is 11.9. The molecule has 4 N–H and O–H groups in total. The van der Waals surface area contributed by atoms with Gasteiger partial charge in [-0.3, -0.25) is 14.4 Å². The van der Waals surface area contributed by atoms with Crippen LogP contribution in [0.25, 0.3) is 0 Å². The molecule has 0 saturated carbocycles. The number of nitrogens with two attached hydrogens (primary N) is 2. The van der Waals surface area contributed by atoms with E-state index in [4.69, 9.17) is 11.5 Å². The van der Waals surface area contributed by atoms with Crippen LogP contribution < -0.4 is 11.5 Å². The van der Waals surface area contributed by atoms with Crippen LogP contribution in [0.2, 0.25) is 0 Å². The van der Waals surface area contributed by atoms with Crippen LogP contribution in [0.3, 0.4) is 0 Å². The molecule has 0 radical (unpaired) electrons. The quantitative estimate of drug-likeness (QED) is 0.558. The highest BCUT2D eigenvalue weighted by molar-refractivity contribution is 5.89. The summed E-state index contributed by atoms with van der Waals surface area (Å²) >= 11 is 0. The van der Waals surface area contributed by atoms with E-state index in [9.17, 15) is 14.4 Å². The van der Waals surface area contributed by atoms with Crippen LogP contribution in [-0.2, 0) is 19.1 Å². The average molecular weight is 245 g/mol. The fraction of sp³-hybridized carbons (Fsp3) is 0.700. The van der Waals surface area contributed by atoms with Gasteiger partial charge < -0.3 is 21.1 Å². The number of esters is 1. The number of carbonyl (C=O) groups is 3. The van der Waals surface area contributed by atoms with Crippen molar-refractivity contribution in [3.63, 3.8) is 0 Å². The van der Waals surface area contributed by atoms with Crippen LogP contribution >= 0.6 is 0 Å². The lowest BCUT2D eigenvalue weighted by atomic mass is 10.1. The molecule has 0 aromatic heterocycles. The zero-order valence-electron chi connectivity index (χ0n) is 10.3.